The van der Waals surface area contributed by atoms with Gasteiger partial charge in [0.25, 0.3) is 0 Å². The highest BCUT2D eigenvalue weighted by molar-refractivity contribution is 6.30. The Hall–Kier alpha value is -2.73. The van der Waals surface area contributed by atoms with Crippen LogP contribution in [0.5, 0.6) is 0 Å². The van der Waals surface area contributed by atoms with E-state index in [9.17, 15) is 4.79 Å². The number of nitrogens with zero attached hydrogens (tertiary/aromatic N) is 4. The minimum absolute atomic E-state index is 0.106. The second kappa shape index (κ2) is 8.39. The molecule has 3 rings (SSSR count). The summed E-state index contributed by atoms with van der Waals surface area (Å²) in [6.07, 6.45) is 2.72. The molecule has 0 bridgehead atoms. The fourth-order valence-corrected chi connectivity index (χ4v) is 2.68. The number of aromatic nitrogens is 4. The van der Waals surface area contributed by atoms with Crippen molar-refractivity contribution in [2.24, 2.45) is 0 Å². The van der Waals surface area contributed by atoms with E-state index >= 15 is 0 Å². The smallest absolute Gasteiger partial charge is 0.245 e. The van der Waals surface area contributed by atoms with Crippen molar-refractivity contribution in [2.45, 2.75) is 18.9 Å². The number of nitrogens with one attached hydrogen (secondary N) is 1. The van der Waals surface area contributed by atoms with Crippen LogP contribution in [-0.4, -0.2) is 32.7 Å². The first kappa shape index (κ1) is 17.1. The minimum Gasteiger partial charge on any atom is -0.354 e. The van der Waals surface area contributed by atoms with Crippen molar-refractivity contribution in [2.75, 3.05) is 6.54 Å². The van der Waals surface area contributed by atoms with Gasteiger partial charge in [0.15, 0.2) is 0 Å². The maximum Gasteiger partial charge on any atom is 0.245 e. The second-order valence-corrected chi connectivity index (χ2v) is 6.10. The molecule has 0 saturated carbocycles. The van der Waals surface area contributed by atoms with Crippen LogP contribution in [0.3, 0.4) is 0 Å². The van der Waals surface area contributed by atoms with Crippen molar-refractivity contribution in [3.8, 4) is 0 Å². The van der Waals surface area contributed by atoms with Crippen LogP contribution in [0, 0.1) is 0 Å². The Kier molecular flexibility index (Phi) is 5.74. The molecule has 0 spiro atoms. The first-order chi connectivity index (χ1) is 12.2. The Morgan fingerprint density at radius 2 is 1.84 bits per heavy atom. The first-order valence-corrected chi connectivity index (χ1v) is 8.39. The molecule has 0 aliphatic rings. The molecule has 0 aliphatic carbocycles. The first-order valence-electron chi connectivity index (χ1n) is 8.01. The average Bonchev–Trinajstić information content (AvgIpc) is 3.16. The molecular weight excluding hydrogens is 338 g/mol. The summed E-state index contributed by atoms with van der Waals surface area (Å²) in [5, 5.41) is 14.8. The highest BCUT2D eigenvalue weighted by atomic mass is 35.5. The van der Waals surface area contributed by atoms with E-state index in [1.807, 2.05) is 54.6 Å². The second-order valence-electron chi connectivity index (χ2n) is 5.66. The van der Waals surface area contributed by atoms with Crippen molar-refractivity contribution in [3.05, 3.63) is 77.1 Å². The number of benzene rings is 2. The Bertz CT molecular complexity index is 790. The molecule has 1 amide bonds. The molecule has 0 radical (unpaired) electrons. The summed E-state index contributed by atoms with van der Waals surface area (Å²) in [5.41, 5.74) is 2.17. The molecule has 0 aliphatic heterocycles. The van der Waals surface area contributed by atoms with Crippen LogP contribution in [-0.2, 0) is 17.6 Å². The number of hydrogen-bond donors (Lipinski definition) is 1. The molecule has 2 aromatic carbocycles. The van der Waals surface area contributed by atoms with Crippen LogP contribution in [0.1, 0.15) is 17.2 Å². The number of carbonyl (C=O) groups is 1. The molecule has 1 aromatic heterocycles. The van der Waals surface area contributed by atoms with E-state index < -0.39 is 6.04 Å². The number of rotatable bonds is 7. The third kappa shape index (κ3) is 4.87. The van der Waals surface area contributed by atoms with Crippen molar-refractivity contribution in [3.63, 3.8) is 0 Å². The van der Waals surface area contributed by atoms with Gasteiger partial charge in [-0.15, -0.1) is 5.10 Å². The molecule has 1 N–H and O–H groups in total. The van der Waals surface area contributed by atoms with Crippen LogP contribution in [0.15, 0.2) is 60.9 Å². The predicted molar refractivity (Wildman–Crippen MR) is 95.2 cm³/mol. The number of tetrazole rings is 1. The lowest BCUT2D eigenvalue weighted by atomic mass is 10.1. The van der Waals surface area contributed by atoms with Crippen molar-refractivity contribution in [1.29, 1.82) is 0 Å². The Morgan fingerprint density at radius 1 is 1.08 bits per heavy atom. The van der Waals surface area contributed by atoms with Crippen LogP contribution in [0.25, 0.3) is 0 Å². The molecule has 25 heavy (non-hydrogen) atoms. The van der Waals surface area contributed by atoms with E-state index in [1.165, 1.54) is 11.0 Å². The van der Waals surface area contributed by atoms with E-state index in [4.69, 9.17) is 11.6 Å². The van der Waals surface area contributed by atoms with Crippen LogP contribution < -0.4 is 5.32 Å². The van der Waals surface area contributed by atoms with E-state index in [1.54, 1.807) is 0 Å². The fraction of sp³-hybridized carbons (Fsp3) is 0.222. The fourth-order valence-electron chi connectivity index (χ4n) is 2.55. The zero-order chi connectivity index (χ0) is 17.5. The van der Waals surface area contributed by atoms with Gasteiger partial charge >= 0.3 is 0 Å². The molecule has 1 unspecified atom stereocenters. The van der Waals surface area contributed by atoms with Gasteiger partial charge in [-0.3, -0.25) is 4.79 Å². The van der Waals surface area contributed by atoms with Gasteiger partial charge in [0.2, 0.25) is 5.91 Å². The lowest BCUT2D eigenvalue weighted by Gasteiger charge is -2.16. The normalized spacial score (nSPS) is 11.9. The maximum atomic E-state index is 12.6. The molecule has 0 saturated heterocycles. The summed E-state index contributed by atoms with van der Waals surface area (Å²) in [6.45, 7) is 0.536. The number of amides is 1. The van der Waals surface area contributed by atoms with Crippen LogP contribution in [0.4, 0.5) is 0 Å². The molecule has 1 atom stereocenters. The summed E-state index contributed by atoms with van der Waals surface area (Å²) >= 11 is 5.88. The summed E-state index contributed by atoms with van der Waals surface area (Å²) in [5.74, 6) is -0.106. The largest absolute Gasteiger partial charge is 0.354 e. The quantitative estimate of drug-likeness (QED) is 0.706. The molecular formula is C18H18ClN5O. The van der Waals surface area contributed by atoms with E-state index in [2.05, 4.69) is 20.8 Å². The Labute approximate surface area is 150 Å². The van der Waals surface area contributed by atoms with Gasteiger partial charge in [-0.25, -0.2) is 4.68 Å². The number of carbonyl (C=O) groups excluding carboxylic acids is 1. The van der Waals surface area contributed by atoms with Gasteiger partial charge < -0.3 is 5.32 Å². The van der Waals surface area contributed by atoms with Crippen molar-refractivity contribution >= 4 is 17.5 Å². The Morgan fingerprint density at radius 3 is 2.52 bits per heavy atom. The summed E-state index contributed by atoms with van der Waals surface area (Å²) in [6, 6.07) is 16.9. The van der Waals surface area contributed by atoms with Gasteiger partial charge in [-0.05, 0) is 40.1 Å². The van der Waals surface area contributed by atoms with Crippen LogP contribution >= 0.6 is 11.6 Å². The average molecular weight is 356 g/mol. The molecule has 6 nitrogen and oxygen atoms in total. The molecule has 1 heterocycles. The summed E-state index contributed by atoms with van der Waals surface area (Å²) in [7, 11) is 0. The lowest BCUT2D eigenvalue weighted by molar-refractivity contribution is -0.124. The van der Waals surface area contributed by atoms with Gasteiger partial charge in [0, 0.05) is 18.0 Å². The molecule has 128 valence electrons. The van der Waals surface area contributed by atoms with E-state index in [-0.39, 0.29) is 5.91 Å². The molecule has 0 fully saturated rings. The number of halogens is 1. The SMILES string of the molecule is O=C(NCCc1ccc(Cl)cc1)C(Cc1ccccc1)n1cnnn1. The number of hydrogen-bond acceptors (Lipinski definition) is 4. The predicted octanol–water partition coefficient (Wildman–Crippen LogP) is 2.47. The van der Waals surface area contributed by atoms with Crippen molar-refractivity contribution < 1.29 is 4.79 Å². The van der Waals surface area contributed by atoms with E-state index in [0.29, 0.717) is 18.0 Å². The third-order valence-corrected chi connectivity index (χ3v) is 4.14. The molecule has 3 aromatic rings. The molecule has 7 heteroatoms. The minimum atomic E-state index is -0.484. The third-order valence-electron chi connectivity index (χ3n) is 3.88. The van der Waals surface area contributed by atoms with Crippen LogP contribution in [0.2, 0.25) is 5.02 Å². The monoisotopic (exact) mass is 355 g/mol. The summed E-state index contributed by atoms with van der Waals surface area (Å²) in [4.78, 5) is 12.6. The van der Waals surface area contributed by atoms with Gasteiger partial charge in [0.1, 0.15) is 12.4 Å². The Balaban J connectivity index is 1.62. The van der Waals surface area contributed by atoms with Gasteiger partial charge in [-0.2, -0.15) is 0 Å². The lowest BCUT2D eigenvalue weighted by Crippen LogP contribution is -2.35. The zero-order valence-corrected chi connectivity index (χ0v) is 14.3. The topological polar surface area (TPSA) is 72.7 Å². The van der Waals surface area contributed by atoms with Gasteiger partial charge in [0.05, 0.1) is 0 Å². The van der Waals surface area contributed by atoms with E-state index in [0.717, 1.165) is 17.5 Å². The van der Waals surface area contributed by atoms with Gasteiger partial charge in [-0.1, -0.05) is 54.1 Å². The van der Waals surface area contributed by atoms with Crippen molar-refractivity contribution in [1.82, 2.24) is 25.5 Å². The highest BCUT2D eigenvalue weighted by Crippen LogP contribution is 2.13. The zero-order valence-electron chi connectivity index (χ0n) is 13.5. The standard InChI is InChI=1S/C18H18ClN5O/c19-16-8-6-14(7-9-16)10-11-20-18(25)17(24-13-21-22-23-24)12-15-4-2-1-3-5-15/h1-9,13,17H,10-12H2,(H,20,25). The highest BCUT2D eigenvalue weighted by Gasteiger charge is 2.21. The maximum absolute atomic E-state index is 12.6. The summed E-state index contributed by atoms with van der Waals surface area (Å²) < 4.78 is 1.49.